The second-order valence-electron chi connectivity index (χ2n) is 1.79. The Kier molecular flexibility index (Phi) is 1.71. The van der Waals surface area contributed by atoms with Gasteiger partial charge in [0.05, 0.1) is 7.11 Å². The molecule has 0 atom stereocenters. The molecule has 10 heavy (non-hydrogen) atoms. The average Bonchev–Trinajstić information content (AvgIpc) is 2.33. The number of rotatable bonds is 2. The summed E-state index contributed by atoms with van der Waals surface area (Å²) < 4.78 is 9.27. The van der Waals surface area contributed by atoms with Crippen LogP contribution in [0.4, 0.5) is 0 Å². The molecule has 0 aromatic carbocycles. The Hall–Kier alpha value is -1.32. The highest BCUT2D eigenvalue weighted by Crippen LogP contribution is 2.15. The van der Waals surface area contributed by atoms with Crippen LogP contribution in [0.15, 0.2) is 10.8 Å². The fraction of sp³-hybridized carbons (Fsp3) is 0.333. The summed E-state index contributed by atoms with van der Waals surface area (Å²) in [4.78, 5) is 10.7. The van der Waals surface area contributed by atoms with Crippen molar-refractivity contribution in [3.05, 3.63) is 12.0 Å². The molecule has 0 spiro atoms. The third-order valence-corrected chi connectivity index (χ3v) is 1.09. The van der Waals surface area contributed by atoms with Gasteiger partial charge in [0.15, 0.2) is 23.5 Å². The van der Waals surface area contributed by atoms with Crippen LogP contribution in [0.5, 0.6) is 5.75 Å². The maximum Gasteiger partial charge on any atom is 0.191 e. The zero-order valence-electron chi connectivity index (χ0n) is 5.75. The highest BCUT2D eigenvalue weighted by molar-refractivity contribution is 5.94. The Morgan fingerprint density at radius 1 is 1.80 bits per heavy atom. The van der Waals surface area contributed by atoms with E-state index < -0.39 is 0 Å². The van der Waals surface area contributed by atoms with Crippen LogP contribution < -0.4 is 4.74 Å². The zero-order valence-corrected chi connectivity index (χ0v) is 5.75. The summed E-state index contributed by atoms with van der Waals surface area (Å²) >= 11 is 0. The molecule has 1 aromatic rings. The number of carbonyl (C=O) groups excluding carboxylic acids is 1. The number of ketones is 1. The number of nitrogens with zero attached hydrogens (tertiary/aromatic N) is 1. The van der Waals surface area contributed by atoms with Crippen LogP contribution in [0, 0.1) is 0 Å². The zero-order chi connectivity index (χ0) is 7.56. The van der Waals surface area contributed by atoms with Gasteiger partial charge in [-0.2, -0.15) is 0 Å². The van der Waals surface area contributed by atoms with Gasteiger partial charge in [0.2, 0.25) is 0 Å². The summed E-state index contributed by atoms with van der Waals surface area (Å²) in [5.41, 5.74) is 0.238. The fourth-order valence-corrected chi connectivity index (χ4v) is 0.610. The molecule has 0 unspecified atom stereocenters. The highest BCUT2D eigenvalue weighted by Gasteiger charge is 2.11. The molecule has 1 aromatic heterocycles. The molecular weight excluding hydrogens is 134 g/mol. The van der Waals surface area contributed by atoms with Gasteiger partial charge in [0.25, 0.3) is 0 Å². The number of hydrogen-bond acceptors (Lipinski definition) is 4. The number of hydrogen-bond donors (Lipinski definition) is 0. The van der Waals surface area contributed by atoms with Gasteiger partial charge < -0.3 is 9.26 Å². The van der Waals surface area contributed by atoms with Crippen molar-refractivity contribution in [3.63, 3.8) is 0 Å². The summed E-state index contributed by atoms with van der Waals surface area (Å²) in [5, 5.41) is 3.44. The van der Waals surface area contributed by atoms with Crippen molar-refractivity contribution in [2.75, 3.05) is 7.11 Å². The monoisotopic (exact) mass is 141 g/mol. The van der Waals surface area contributed by atoms with Gasteiger partial charge in [-0.3, -0.25) is 4.79 Å². The maximum absolute atomic E-state index is 10.7. The summed E-state index contributed by atoms with van der Waals surface area (Å²) in [6.07, 6.45) is 1.29. The van der Waals surface area contributed by atoms with E-state index in [1.165, 1.54) is 20.3 Å². The molecule has 0 saturated heterocycles. The first-order valence-corrected chi connectivity index (χ1v) is 2.75. The molecule has 54 valence electrons. The van der Waals surface area contributed by atoms with Crippen LogP contribution in [0.3, 0.4) is 0 Å². The average molecular weight is 141 g/mol. The Labute approximate surface area is 57.8 Å². The van der Waals surface area contributed by atoms with Crippen LogP contribution in [-0.2, 0) is 0 Å². The molecule has 0 aliphatic carbocycles. The predicted octanol–water partition coefficient (Wildman–Crippen LogP) is 0.886. The molecule has 0 bridgehead atoms. The molecule has 4 heteroatoms. The molecular formula is C6H7NO3. The van der Waals surface area contributed by atoms with Gasteiger partial charge in [-0.15, -0.1) is 0 Å². The lowest BCUT2D eigenvalue weighted by molar-refractivity contribution is 0.100. The van der Waals surface area contributed by atoms with Gasteiger partial charge in [0.1, 0.15) is 0 Å². The minimum Gasteiger partial charge on any atom is -0.491 e. The molecule has 0 N–H and O–H groups in total. The lowest BCUT2D eigenvalue weighted by atomic mass is 10.3. The lowest BCUT2D eigenvalue weighted by Crippen LogP contribution is -1.95. The summed E-state index contributed by atoms with van der Waals surface area (Å²) in [6.45, 7) is 1.40. The van der Waals surface area contributed by atoms with Crippen molar-refractivity contribution >= 4 is 5.78 Å². The first kappa shape index (κ1) is 6.80. The van der Waals surface area contributed by atoms with Crippen molar-refractivity contribution < 1.29 is 14.1 Å². The highest BCUT2D eigenvalue weighted by atomic mass is 16.5. The summed E-state index contributed by atoms with van der Waals surface area (Å²) in [5.74, 6) is 0.220. The van der Waals surface area contributed by atoms with Gasteiger partial charge >= 0.3 is 0 Å². The van der Waals surface area contributed by atoms with E-state index in [2.05, 4.69) is 9.68 Å². The van der Waals surface area contributed by atoms with Crippen molar-refractivity contribution in [1.82, 2.24) is 5.16 Å². The van der Waals surface area contributed by atoms with Gasteiger partial charge in [-0.25, -0.2) is 0 Å². The summed E-state index contributed by atoms with van der Waals surface area (Å²) in [7, 11) is 1.46. The maximum atomic E-state index is 10.7. The van der Waals surface area contributed by atoms with Gasteiger partial charge in [-0.05, 0) is 0 Å². The number of carbonyl (C=O) groups is 1. The van der Waals surface area contributed by atoms with Crippen molar-refractivity contribution in [3.8, 4) is 5.75 Å². The Morgan fingerprint density at radius 3 is 2.90 bits per heavy atom. The Bertz CT molecular complexity index is 241. The van der Waals surface area contributed by atoms with Gasteiger partial charge in [0, 0.05) is 6.92 Å². The molecule has 0 saturated carbocycles. The van der Waals surface area contributed by atoms with E-state index in [9.17, 15) is 4.79 Å². The topological polar surface area (TPSA) is 52.3 Å². The number of Topliss-reactive ketones (excluding diaryl/α,β-unsaturated/α-hetero) is 1. The third-order valence-electron chi connectivity index (χ3n) is 1.09. The van der Waals surface area contributed by atoms with E-state index in [1.807, 2.05) is 0 Å². The van der Waals surface area contributed by atoms with E-state index in [0.29, 0.717) is 5.75 Å². The first-order chi connectivity index (χ1) is 4.75. The SMILES string of the molecule is COc1conc1C(C)=O. The molecule has 0 fully saturated rings. The number of ether oxygens (including phenoxy) is 1. The normalized spacial score (nSPS) is 9.40. The number of methoxy groups -OCH3 is 1. The second kappa shape index (κ2) is 2.51. The molecule has 1 heterocycles. The quantitative estimate of drug-likeness (QED) is 0.574. The van der Waals surface area contributed by atoms with E-state index in [1.54, 1.807) is 0 Å². The third kappa shape index (κ3) is 1.00. The largest absolute Gasteiger partial charge is 0.491 e. The van der Waals surface area contributed by atoms with Crippen molar-refractivity contribution in [1.29, 1.82) is 0 Å². The molecule has 0 aliphatic rings. The standard InChI is InChI=1S/C6H7NO3/c1-4(8)6-5(9-2)3-10-7-6/h3H,1-2H3. The second-order valence-corrected chi connectivity index (χ2v) is 1.79. The Morgan fingerprint density at radius 2 is 2.50 bits per heavy atom. The molecule has 4 nitrogen and oxygen atoms in total. The van der Waals surface area contributed by atoms with Crippen molar-refractivity contribution in [2.45, 2.75) is 6.92 Å². The van der Waals surface area contributed by atoms with Crippen LogP contribution in [0.2, 0.25) is 0 Å². The molecule has 0 amide bonds. The minimum absolute atomic E-state index is 0.161. The summed E-state index contributed by atoms with van der Waals surface area (Å²) in [6, 6.07) is 0. The van der Waals surface area contributed by atoms with E-state index >= 15 is 0 Å². The number of aromatic nitrogens is 1. The first-order valence-electron chi connectivity index (χ1n) is 2.75. The molecule has 1 rings (SSSR count). The van der Waals surface area contributed by atoms with E-state index in [0.717, 1.165) is 0 Å². The fourth-order valence-electron chi connectivity index (χ4n) is 0.610. The molecule has 0 aliphatic heterocycles. The van der Waals surface area contributed by atoms with Crippen LogP contribution in [0.25, 0.3) is 0 Å². The Balaban J connectivity index is 3.01. The van der Waals surface area contributed by atoms with Crippen molar-refractivity contribution in [2.24, 2.45) is 0 Å². The smallest absolute Gasteiger partial charge is 0.191 e. The van der Waals surface area contributed by atoms with Gasteiger partial charge in [-0.1, -0.05) is 5.16 Å². The lowest BCUT2D eigenvalue weighted by Gasteiger charge is -1.91. The van der Waals surface area contributed by atoms with Crippen LogP contribution in [-0.4, -0.2) is 18.0 Å². The predicted molar refractivity (Wildman–Crippen MR) is 33.1 cm³/mol. The minimum atomic E-state index is -0.161. The van der Waals surface area contributed by atoms with Crippen LogP contribution in [0.1, 0.15) is 17.4 Å². The molecule has 0 radical (unpaired) electrons. The van der Waals surface area contributed by atoms with E-state index in [-0.39, 0.29) is 11.5 Å². The van der Waals surface area contributed by atoms with E-state index in [4.69, 9.17) is 4.74 Å². The van der Waals surface area contributed by atoms with Crippen LogP contribution >= 0.6 is 0 Å².